The fourth-order valence-electron chi connectivity index (χ4n) is 1.91. The number of benzene rings is 1. The second kappa shape index (κ2) is 9.57. The minimum absolute atomic E-state index is 0.0465. The molecule has 25 heavy (non-hydrogen) atoms. The Morgan fingerprint density at radius 1 is 1.36 bits per heavy atom. The number of aliphatic carboxylic acids is 1. The number of nitrogens with two attached hydrogens (primary N) is 1. The number of nitrogens with zero attached hydrogens (tertiary/aromatic N) is 1. The van der Waals surface area contributed by atoms with Crippen LogP contribution in [0.15, 0.2) is 29.8 Å². The Bertz CT molecular complexity index is 706. The summed E-state index contributed by atoms with van der Waals surface area (Å²) in [7, 11) is 0. The highest BCUT2D eigenvalue weighted by Gasteiger charge is 2.21. The smallest absolute Gasteiger partial charge is 0.326 e. The van der Waals surface area contributed by atoms with Gasteiger partial charge in [0.15, 0.2) is 5.96 Å². The van der Waals surface area contributed by atoms with Gasteiger partial charge in [-0.05, 0) is 36.6 Å². The highest BCUT2D eigenvalue weighted by atomic mass is 16.4. The van der Waals surface area contributed by atoms with Crippen LogP contribution in [-0.2, 0) is 9.59 Å². The number of carbonyl (C=O) groups is 2. The van der Waals surface area contributed by atoms with E-state index in [2.05, 4.69) is 10.6 Å². The van der Waals surface area contributed by atoms with E-state index in [1.807, 2.05) is 0 Å². The predicted molar refractivity (Wildman–Crippen MR) is 90.4 cm³/mol. The van der Waals surface area contributed by atoms with Gasteiger partial charge in [-0.2, -0.15) is 5.26 Å². The Balaban J connectivity index is 2.73. The van der Waals surface area contributed by atoms with Gasteiger partial charge in [0.2, 0.25) is 0 Å². The van der Waals surface area contributed by atoms with Crippen molar-refractivity contribution in [2.45, 2.75) is 18.9 Å². The molecule has 0 bridgehead atoms. The van der Waals surface area contributed by atoms with Crippen molar-refractivity contribution in [3.8, 4) is 11.8 Å². The van der Waals surface area contributed by atoms with Crippen LogP contribution < -0.4 is 16.4 Å². The fraction of sp³-hybridized carbons (Fsp3) is 0.250. The van der Waals surface area contributed by atoms with Crippen LogP contribution in [0.3, 0.4) is 0 Å². The minimum Gasteiger partial charge on any atom is -0.508 e. The molecule has 9 nitrogen and oxygen atoms in total. The van der Waals surface area contributed by atoms with Gasteiger partial charge in [0, 0.05) is 6.54 Å². The quantitative estimate of drug-likeness (QED) is 0.128. The number of carbonyl (C=O) groups excluding carboxylic acids is 1. The zero-order valence-corrected chi connectivity index (χ0v) is 13.3. The summed E-state index contributed by atoms with van der Waals surface area (Å²) < 4.78 is 0. The Morgan fingerprint density at radius 2 is 2.00 bits per heavy atom. The molecule has 0 fully saturated rings. The summed E-state index contributed by atoms with van der Waals surface area (Å²) >= 11 is 0. The van der Waals surface area contributed by atoms with E-state index < -0.39 is 17.9 Å². The molecule has 0 heterocycles. The molecule has 1 aromatic carbocycles. The number of hydrogen-bond acceptors (Lipinski definition) is 5. The van der Waals surface area contributed by atoms with Crippen LogP contribution in [0.4, 0.5) is 0 Å². The van der Waals surface area contributed by atoms with E-state index in [1.54, 1.807) is 6.07 Å². The first kappa shape index (κ1) is 19.5. The third kappa shape index (κ3) is 7.04. The number of carboxylic acid groups (broad SMARTS) is 1. The maximum Gasteiger partial charge on any atom is 0.326 e. The molecule has 0 spiro atoms. The molecule has 0 radical (unpaired) electrons. The largest absolute Gasteiger partial charge is 0.508 e. The van der Waals surface area contributed by atoms with Gasteiger partial charge in [0.25, 0.3) is 5.91 Å². The summed E-state index contributed by atoms with van der Waals surface area (Å²) in [4.78, 5) is 23.4. The first-order valence-electron chi connectivity index (χ1n) is 7.36. The van der Waals surface area contributed by atoms with Gasteiger partial charge < -0.3 is 26.6 Å². The normalized spacial score (nSPS) is 11.9. The van der Waals surface area contributed by atoms with Gasteiger partial charge >= 0.3 is 5.97 Å². The number of nitriles is 1. The zero-order valence-electron chi connectivity index (χ0n) is 13.3. The molecule has 0 aliphatic heterocycles. The SMILES string of the molecule is N#CC(=Cc1ccc(O)cc1)C(=O)N[C@@H](CCCNC(=N)N)C(=O)O. The Labute approximate surface area is 144 Å². The third-order valence-corrected chi connectivity index (χ3v) is 3.16. The van der Waals surface area contributed by atoms with Gasteiger partial charge in [-0.15, -0.1) is 0 Å². The monoisotopic (exact) mass is 345 g/mol. The van der Waals surface area contributed by atoms with Crippen molar-refractivity contribution in [3.05, 3.63) is 35.4 Å². The molecule has 1 amide bonds. The topological polar surface area (TPSA) is 172 Å². The molecule has 0 aromatic heterocycles. The molecule has 132 valence electrons. The second-order valence-corrected chi connectivity index (χ2v) is 5.11. The molecule has 0 saturated heterocycles. The summed E-state index contributed by atoms with van der Waals surface area (Å²) in [5.74, 6) is -2.20. The molecule has 1 atom stereocenters. The van der Waals surface area contributed by atoms with Crippen LogP contribution >= 0.6 is 0 Å². The Kier molecular flexibility index (Phi) is 7.46. The summed E-state index contributed by atoms with van der Waals surface area (Å²) in [5.41, 5.74) is 5.38. The lowest BCUT2D eigenvalue weighted by Crippen LogP contribution is -2.42. The maximum absolute atomic E-state index is 12.1. The number of amides is 1. The third-order valence-electron chi connectivity index (χ3n) is 3.16. The van der Waals surface area contributed by atoms with Crippen molar-refractivity contribution < 1.29 is 19.8 Å². The van der Waals surface area contributed by atoms with E-state index >= 15 is 0 Å². The molecule has 1 aromatic rings. The number of rotatable bonds is 8. The highest BCUT2D eigenvalue weighted by molar-refractivity contribution is 6.03. The van der Waals surface area contributed by atoms with E-state index in [4.69, 9.17) is 16.4 Å². The van der Waals surface area contributed by atoms with Crippen LogP contribution in [0, 0.1) is 16.7 Å². The first-order chi connectivity index (χ1) is 11.8. The van der Waals surface area contributed by atoms with Crippen molar-refractivity contribution in [1.82, 2.24) is 10.6 Å². The summed E-state index contributed by atoms with van der Waals surface area (Å²) in [6.07, 6.45) is 1.77. The van der Waals surface area contributed by atoms with Crippen LogP contribution in [0.2, 0.25) is 0 Å². The molecule has 7 N–H and O–H groups in total. The lowest BCUT2D eigenvalue weighted by atomic mass is 10.1. The summed E-state index contributed by atoms with van der Waals surface area (Å²) in [6, 6.07) is 6.40. The maximum atomic E-state index is 12.1. The lowest BCUT2D eigenvalue weighted by molar-refractivity contribution is -0.141. The van der Waals surface area contributed by atoms with Crippen molar-refractivity contribution >= 4 is 23.9 Å². The van der Waals surface area contributed by atoms with Crippen LogP contribution in [0.1, 0.15) is 18.4 Å². The van der Waals surface area contributed by atoms with Crippen LogP contribution in [-0.4, -0.2) is 40.6 Å². The first-order valence-corrected chi connectivity index (χ1v) is 7.36. The van der Waals surface area contributed by atoms with Crippen molar-refractivity contribution in [1.29, 1.82) is 10.7 Å². The molecular weight excluding hydrogens is 326 g/mol. The molecule has 0 aliphatic rings. The number of phenols is 1. The molecule has 0 aliphatic carbocycles. The Morgan fingerprint density at radius 3 is 2.52 bits per heavy atom. The summed E-state index contributed by atoms with van der Waals surface area (Å²) in [5, 5.41) is 39.3. The van der Waals surface area contributed by atoms with E-state index in [9.17, 15) is 19.8 Å². The van der Waals surface area contributed by atoms with Crippen molar-refractivity contribution in [3.63, 3.8) is 0 Å². The number of aromatic hydroxyl groups is 1. The van der Waals surface area contributed by atoms with E-state index in [1.165, 1.54) is 30.3 Å². The van der Waals surface area contributed by atoms with Gasteiger partial charge in [0.1, 0.15) is 23.4 Å². The number of phenolic OH excluding ortho intramolecular Hbond substituents is 1. The molecule has 0 unspecified atom stereocenters. The second-order valence-electron chi connectivity index (χ2n) is 5.11. The number of guanidine groups is 1. The number of carboxylic acids is 1. The van der Waals surface area contributed by atoms with E-state index in [0.29, 0.717) is 18.5 Å². The average Bonchev–Trinajstić information content (AvgIpc) is 2.56. The molecule has 1 rings (SSSR count). The van der Waals surface area contributed by atoms with Gasteiger partial charge in [-0.1, -0.05) is 12.1 Å². The van der Waals surface area contributed by atoms with E-state index in [-0.39, 0.29) is 23.7 Å². The lowest BCUT2D eigenvalue weighted by Gasteiger charge is -2.14. The highest BCUT2D eigenvalue weighted by Crippen LogP contribution is 2.13. The fourth-order valence-corrected chi connectivity index (χ4v) is 1.91. The molecule has 9 heteroatoms. The average molecular weight is 345 g/mol. The van der Waals surface area contributed by atoms with Crippen LogP contribution in [0.5, 0.6) is 5.75 Å². The van der Waals surface area contributed by atoms with E-state index in [0.717, 1.165) is 0 Å². The zero-order chi connectivity index (χ0) is 18.8. The van der Waals surface area contributed by atoms with Gasteiger partial charge in [-0.3, -0.25) is 10.2 Å². The minimum atomic E-state index is -1.22. The van der Waals surface area contributed by atoms with Crippen LogP contribution in [0.25, 0.3) is 6.08 Å². The van der Waals surface area contributed by atoms with Gasteiger partial charge in [-0.25, -0.2) is 4.79 Å². The number of nitrogens with one attached hydrogen (secondary N) is 3. The Hall–Kier alpha value is -3.54. The van der Waals surface area contributed by atoms with Gasteiger partial charge in [0.05, 0.1) is 0 Å². The summed E-state index contributed by atoms with van der Waals surface area (Å²) in [6.45, 7) is 0.295. The standard InChI is InChI=1S/C16H19N5O4/c17-9-11(8-10-3-5-12(22)6-4-10)14(23)21-13(15(24)25)2-1-7-20-16(18)19/h3-6,8,13,22H,1-2,7H2,(H,21,23)(H,24,25)(H4,18,19,20)/t13-/m0/s1. The van der Waals surface area contributed by atoms with Crippen molar-refractivity contribution in [2.24, 2.45) is 5.73 Å². The van der Waals surface area contributed by atoms with Crippen molar-refractivity contribution in [2.75, 3.05) is 6.54 Å². The molecular formula is C16H19N5O4. The number of hydrogen-bond donors (Lipinski definition) is 6. The predicted octanol–water partition coefficient (Wildman–Crippen LogP) is 0.132. The molecule has 0 saturated carbocycles.